The lowest BCUT2D eigenvalue weighted by Gasteiger charge is -2.05. The number of hydrogen-bond donors (Lipinski definition) is 2. The fourth-order valence-corrected chi connectivity index (χ4v) is 2.16. The van der Waals surface area contributed by atoms with Crippen LogP contribution in [0.1, 0.15) is 21.9 Å². The third-order valence-corrected chi connectivity index (χ3v) is 3.30. The largest absolute Gasteiger partial charge is 0.465 e. The Bertz CT molecular complexity index is 982. The number of amides is 2. The van der Waals surface area contributed by atoms with E-state index in [1.807, 2.05) is 6.07 Å². The second-order valence-corrected chi connectivity index (χ2v) is 5.10. The van der Waals surface area contributed by atoms with Crippen LogP contribution in [0, 0.1) is 0 Å². The molecule has 0 aliphatic rings. The van der Waals surface area contributed by atoms with Crippen molar-refractivity contribution in [2.24, 2.45) is 12.0 Å². The lowest BCUT2D eigenvalue weighted by molar-refractivity contribution is 0.0998. The van der Waals surface area contributed by atoms with Crippen LogP contribution >= 0.6 is 0 Å². The van der Waals surface area contributed by atoms with Crippen LogP contribution in [0.4, 0.5) is 10.6 Å². The van der Waals surface area contributed by atoms with Crippen molar-refractivity contribution in [2.45, 2.75) is 0 Å². The van der Waals surface area contributed by atoms with Crippen molar-refractivity contribution in [1.29, 1.82) is 0 Å². The molecular formula is C16H13N7O3. The molecule has 0 aliphatic carbocycles. The van der Waals surface area contributed by atoms with Gasteiger partial charge in [-0.05, 0) is 22.6 Å². The molecule has 0 unspecified atom stereocenters. The maximum Gasteiger partial charge on any atom is 0.410 e. The average Bonchev–Trinajstić information content (AvgIpc) is 3.05. The monoisotopic (exact) mass is 351 g/mol. The van der Waals surface area contributed by atoms with E-state index in [1.54, 1.807) is 31.3 Å². The first-order valence-electron chi connectivity index (χ1n) is 7.43. The van der Waals surface area contributed by atoms with Crippen molar-refractivity contribution in [2.75, 3.05) is 5.32 Å². The molecule has 1 aromatic carbocycles. The molecule has 0 aliphatic heterocycles. The van der Waals surface area contributed by atoms with Gasteiger partial charge in [-0.2, -0.15) is 0 Å². The first kappa shape index (κ1) is 16.9. The Labute approximate surface area is 147 Å². The predicted molar refractivity (Wildman–Crippen MR) is 91.1 cm³/mol. The van der Waals surface area contributed by atoms with Crippen LogP contribution in [0.5, 0.6) is 0 Å². The summed E-state index contributed by atoms with van der Waals surface area (Å²) in [6.45, 7) is 0. The Hall–Kier alpha value is -3.95. The number of rotatable bonds is 4. The first-order valence-corrected chi connectivity index (χ1v) is 7.43. The Morgan fingerprint density at radius 2 is 1.88 bits per heavy atom. The maximum atomic E-state index is 12.6. The minimum Gasteiger partial charge on any atom is -0.465 e. The van der Waals surface area contributed by atoms with Gasteiger partial charge in [0.2, 0.25) is 5.82 Å². The maximum absolute atomic E-state index is 12.6. The zero-order chi connectivity index (χ0) is 18.5. The predicted octanol–water partition coefficient (Wildman–Crippen LogP) is 1.37. The Kier molecular flexibility index (Phi) is 4.74. The number of tetrazole rings is 1. The molecule has 2 aromatic heterocycles. The molecule has 0 saturated carbocycles. The summed E-state index contributed by atoms with van der Waals surface area (Å²) in [7, 11) is 1.63. The number of carbonyl (C=O) groups excluding carboxylic acids is 1. The van der Waals surface area contributed by atoms with Crippen LogP contribution < -0.4 is 5.32 Å². The van der Waals surface area contributed by atoms with Crippen molar-refractivity contribution in [3.8, 4) is 0 Å². The van der Waals surface area contributed by atoms with E-state index in [0.717, 1.165) is 0 Å². The minimum atomic E-state index is -1.28. The second-order valence-electron chi connectivity index (χ2n) is 5.10. The normalized spacial score (nSPS) is 11.2. The van der Waals surface area contributed by atoms with Gasteiger partial charge in [-0.25, -0.2) is 19.5 Å². The van der Waals surface area contributed by atoms with E-state index in [9.17, 15) is 9.59 Å². The summed E-state index contributed by atoms with van der Waals surface area (Å²) in [6.07, 6.45) is -1.28. The van der Waals surface area contributed by atoms with Gasteiger partial charge in [0.15, 0.2) is 0 Å². The van der Waals surface area contributed by atoms with Gasteiger partial charge in [0.25, 0.3) is 5.91 Å². The molecule has 2 heterocycles. The molecule has 130 valence electrons. The van der Waals surface area contributed by atoms with Crippen molar-refractivity contribution in [3.05, 3.63) is 65.6 Å². The molecule has 26 heavy (non-hydrogen) atoms. The number of aromatic nitrogens is 5. The molecule has 0 radical (unpaired) electrons. The average molecular weight is 351 g/mol. The second kappa shape index (κ2) is 7.30. The van der Waals surface area contributed by atoms with Gasteiger partial charge >= 0.3 is 6.09 Å². The number of nitrogens with zero attached hydrogens (tertiary/aromatic N) is 6. The fourth-order valence-electron chi connectivity index (χ4n) is 2.16. The smallest absolute Gasteiger partial charge is 0.410 e. The quantitative estimate of drug-likeness (QED) is 0.678. The number of anilines is 1. The fraction of sp³-hybridized carbons (Fsp3) is 0.0625. The summed E-state index contributed by atoms with van der Waals surface area (Å²) in [6, 6.07) is 13.4. The van der Waals surface area contributed by atoms with Gasteiger partial charge in [-0.3, -0.25) is 10.1 Å². The standard InChI is InChI=1S/C16H13N7O3/c1-23-14(20-21-22-23)13(10-6-3-2-4-7-10)19-15(24)11-8-5-9-12(17-11)18-16(25)26/h2-9H,1H3,(H,17,18)(H,25,26)/b19-13-. The van der Waals surface area contributed by atoms with Gasteiger partial charge in [0, 0.05) is 12.6 Å². The van der Waals surface area contributed by atoms with Crippen LogP contribution in [0.3, 0.4) is 0 Å². The van der Waals surface area contributed by atoms with Crippen molar-refractivity contribution in [1.82, 2.24) is 25.2 Å². The number of carbonyl (C=O) groups is 2. The molecule has 10 nitrogen and oxygen atoms in total. The van der Waals surface area contributed by atoms with Crippen molar-refractivity contribution < 1.29 is 14.7 Å². The van der Waals surface area contributed by atoms with E-state index in [1.165, 1.54) is 22.9 Å². The summed E-state index contributed by atoms with van der Waals surface area (Å²) in [5, 5.41) is 22.1. The molecular weight excluding hydrogens is 338 g/mol. The van der Waals surface area contributed by atoms with E-state index in [-0.39, 0.29) is 17.2 Å². The zero-order valence-electron chi connectivity index (χ0n) is 13.6. The first-order chi connectivity index (χ1) is 12.5. The molecule has 0 saturated heterocycles. The number of nitrogens with one attached hydrogen (secondary N) is 1. The van der Waals surface area contributed by atoms with Crippen LogP contribution in [-0.2, 0) is 7.05 Å². The molecule has 0 atom stereocenters. The summed E-state index contributed by atoms with van der Waals surface area (Å²) in [5.74, 6) is -0.314. The Morgan fingerprint density at radius 3 is 2.54 bits per heavy atom. The van der Waals surface area contributed by atoms with E-state index >= 15 is 0 Å². The summed E-state index contributed by atoms with van der Waals surface area (Å²) in [5.41, 5.74) is 0.917. The van der Waals surface area contributed by atoms with E-state index in [4.69, 9.17) is 5.11 Å². The van der Waals surface area contributed by atoms with Crippen LogP contribution in [0.15, 0.2) is 53.5 Å². The number of aliphatic imine (C=N–C) groups is 1. The van der Waals surface area contributed by atoms with Gasteiger partial charge in [0.1, 0.15) is 17.2 Å². The van der Waals surface area contributed by atoms with Crippen LogP contribution in [-0.4, -0.2) is 48.0 Å². The number of hydrogen-bond acceptors (Lipinski definition) is 6. The highest BCUT2D eigenvalue weighted by molar-refractivity contribution is 6.16. The third kappa shape index (κ3) is 3.75. The lowest BCUT2D eigenvalue weighted by atomic mass is 10.1. The van der Waals surface area contributed by atoms with E-state index in [0.29, 0.717) is 11.4 Å². The van der Waals surface area contributed by atoms with Crippen LogP contribution in [0.2, 0.25) is 0 Å². The molecule has 3 rings (SSSR count). The third-order valence-electron chi connectivity index (χ3n) is 3.30. The summed E-state index contributed by atoms with van der Waals surface area (Å²) < 4.78 is 1.40. The molecule has 0 fully saturated rings. The lowest BCUT2D eigenvalue weighted by Crippen LogP contribution is -2.15. The highest BCUT2D eigenvalue weighted by Crippen LogP contribution is 2.11. The topological polar surface area (TPSA) is 135 Å². The Morgan fingerprint density at radius 1 is 1.12 bits per heavy atom. The summed E-state index contributed by atoms with van der Waals surface area (Å²) >= 11 is 0. The Balaban J connectivity index is 2.02. The highest BCUT2D eigenvalue weighted by atomic mass is 16.4. The highest BCUT2D eigenvalue weighted by Gasteiger charge is 2.17. The SMILES string of the molecule is Cn1nnnc1/C(=N\C(=O)c1cccc(NC(=O)O)n1)c1ccccc1. The molecule has 10 heteroatoms. The van der Waals surface area contributed by atoms with Crippen LogP contribution in [0.25, 0.3) is 0 Å². The number of carboxylic acid groups (broad SMARTS) is 1. The zero-order valence-corrected chi connectivity index (χ0v) is 13.6. The number of benzene rings is 1. The van der Waals surface area contributed by atoms with Gasteiger partial charge < -0.3 is 5.11 Å². The minimum absolute atomic E-state index is 0.0141. The summed E-state index contributed by atoms with van der Waals surface area (Å²) in [4.78, 5) is 31.4. The van der Waals surface area contributed by atoms with Gasteiger partial charge in [-0.15, -0.1) is 5.10 Å². The number of pyridine rings is 1. The molecule has 2 N–H and O–H groups in total. The van der Waals surface area contributed by atoms with Gasteiger partial charge in [-0.1, -0.05) is 36.4 Å². The molecule has 2 amide bonds. The molecule has 0 spiro atoms. The number of aryl methyl sites for hydroxylation is 1. The molecule has 3 aromatic rings. The van der Waals surface area contributed by atoms with Crippen molar-refractivity contribution in [3.63, 3.8) is 0 Å². The van der Waals surface area contributed by atoms with E-state index < -0.39 is 12.0 Å². The van der Waals surface area contributed by atoms with Crippen molar-refractivity contribution >= 4 is 23.5 Å². The molecule has 0 bridgehead atoms. The van der Waals surface area contributed by atoms with E-state index in [2.05, 4.69) is 30.8 Å². The van der Waals surface area contributed by atoms with Gasteiger partial charge in [0.05, 0.1) is 0 Å².